The summed E-state index contributed by atoms with van der Waals surface area (Å²) in [6.45, 7) is 1.81. The van der Waals surface area contributed by atoms with Gasteiger partial charge < -0.3 is 5.11 Å². The normalized spacial score (nSPS) is 14.5. The van der Waals surface area contributed by atoms with E-state index in [1.807, 2.05) is 61.5 Å². The Morgan fingerprint density at radius 1 is 1.05 bits per heavy atom. The summed E-state index contributed by atoms with van der Waals surface area (Å²) in [4.78, 5) is 0. The van der Waals surface area contributed by atoms with Gasteiger partial charge in [0, 0.05) is 5.02 Å². The lowest BCUT2D eigenvalue weighted by Gasteiger charge is -2.22. The van der Waals surface area contributed by atoms with Crippen LogP contribution in [0.25, 0.3) is 6.08 Å². The van der Waals surface area contributed by atoms with Crippen LogP contribution in [-0.4, -0.2) is 5.11 Å². The first-order valence-corrected chi connectivity index (χ1v) is 6.66. The highest BCUT2D eigenvalue weighted by atomic mass is 35.5. The third-order valence-corrected chi connectivity index (χ3v) is 3.34. The van der Waals surface area contributed by atoms with Gasteiger partial charge in [0.25, 0.3) is 0 Å². The van der Waals surface area contributed by atoms with E-state index < -0.39 is 5.60 Å². The Bertz CT molecular complexity index is 541. The molecule has 0 amide bonds. The van der Waals surface area contributed by atoms with Crippen LogP contribution in [0.1, 0.15) is 24.5 Å². The van der Waals surface area contributed by atoms with E-state index in [1.165, 1.54) is 0 Å². The van der Waals surface area contributed by atoms with E-state index in [0.29, 0.717) is 11.4 Å². The molecule has 98 valence electrons. The van der Waals surface area contributed by atoms with Crippen molar-refractivity contribution in [2.45, 2.75) is 18.9 Å². The molecule has 1 atom stereocenters. The highest BCUT2D eigenvalue weighted by molar-refractivity contribution is 6.30. The maximum absolute atomic E-state index is 10.5. The Hall–Kier alpha value is -1.57. The van der Waals surface area contributed by atoms with E-state index >= 15 is 0 Å². The molecule has 2 heteroatoms. The molecule has 0 aromatic heterocycles. The summed E-state index contributed by atoms with van der Waals surface area (Å²) in [6, 6.07) is 17.4. The van der Waals surface area contributed by atoms with Crippen LogP contribution in [0.2, 0.25) is 5.02 Å². The standard InChI is InChI=1S/C17H17ClO/c1-17(19,15-9-11-16(18)12-10-15)13-5-8-14-6-3-2-4-7-14/h2-12,19H,13H2,1H3/b8-5+/t17-/m0/s1. The predicted molar refractivity (Wildman–Crippen MR) is 81.1 cm³/mol. The molecule has 0 spiro atoms. The van der Waals surface area contributed by atoms with E-state index in [4.69, 9.17) is 11.6 Å². The van der Waals surface area contributed by atoms with Crippen LogP contribution in [-0.2, 0) is 5.60 Å². The molecule has 0 unspecified atom stereocenters. The monoisotopic (exact) mass is 272 g/mol. The summed E-state index contributed by atoms with van der Waals surface area (Å²) < 4.78 is 0. The van der Waals surface area contributed by atoms with Crippen molar-refractivity contribution >= 4 is 17.7 Å². The summed E-state index contributed by atoms with van der Waals surface area (Å²) >= 11 is 5.85. The van der Waals surface area contributed by atoms with Crippen LogP contribution >= 0.6 is 11.6 Å². The van der Waals surface area contributed by atoms with Crippen molar-refractivity contribution in [2.24, 2.45) is 0 Å². The van der Waals surface area contributed by atoms with Crippen molar-refractivity contribution in [3.05, 3.63) is 76.8 Å². The summed E-state index contributed by atoms with van der Waals surface area (Å²) in [6.07, 6.45) is 4.57. The Labute approximate surface area is 119 Å². The van der Waals surface area contributed by atoms with Crippen LogP contribution in [0.3, 0.4) is 0 Å². The summed E-state index contributed by atoms with van der Waals surface area (Å²) in [7, 11) is 0. The quantitative estimate of drug-likeness (QED) is 0.859. The number of benzene rings is 2. The highest BCUT2D eigenvalue weighted by Gasteiger charge is 2.20. The minimum absolute atomic E-state index is 0.559. The second kappa shape index (κ2) is 6.05. The van der Waals surface area contributed by atoms with Gasteiger partial charge in [-0.15, -0.1) is 0 Å². The van der Waals surface area contributed by atoms with Crippen LogP contribution in [0, 0.1) is 0 Å². The van der Waals surface area contributed by atoms with Crippen molar-refractivity contribution in [1.82, 2.24) is 0 Å². The van der Waals surface area contributed by atoms with Gasteiger partial charge in [-0.25, -0.2) is 0 Å². The van der Waals surface area contributed by atoms with Gasteiger partial charge in [-0.05, 0) is 36.6 Å². The topological polar surface area (TPSA) is 20.2 Å². The Balaban J connectivity index is 2.05. The molecule has 2 rings (SSSR count). The molecule has 1 nitrogen and oxygen atoms in total. The molecule has 2 aromatic carbocycles. The van der Waals surface area contributed by atoms with Gasteiger partial charge in [-0.2, -0.15) is 0 Å². The van der Waals surface area contributed by atoms with E-state index in [9.17, 15) is 5.11 Å². The number of halogens is 1. The molecular weight excluding hydrogens is 256 g/mol. The molecule has 0 saturated heterocycles. The van der Waals surface area contributed by atoms with Crippen LogP contribution in [0.4, 0.5) is 0 Å². The number of hydrogen-bond acceptors (Lipinski definition) is 1. The second-order valence-corrected chi connectivity index (χ2v) is 5.23. The number of hydrogen-bond donors (Lipinski definition) is 1. The fourth-order valence-electron chi connectivity index (χ4n) is 1.92. The largest absolute Gasteiger partial charge is 0.385 e. The Kier molecular flexibility index (Phi) is 4.41. The minimum Gasteiger partial charge on any atom is -0.385 e. The van der Waals surface area contributed by atoms with Crippen LogP contribution in [0.5, 0.6) is 0 Å². The molecule has 0 heterocycles. The van der Waals surface area contributed by atoms with E-state index in [-0.39, 0.29) is 0 Å². The van der Waals surface area contributed by atoms with Gasteiger partial charge >= 0.3 is 0 Å². The van der Waals surface area contributed by atoms with Gasteiger partial charge in [-0.1, -0.05) is 66.2 Å². The minimum atomic E-state index is -0.879. The molecule has 19 heavy (non-hydrogen) atoms. The summed E-state index contributed by atoms with van der Waals surface area (Å²) in [5.41, 5.74) is 1.12. The van der Waals surface area contributed by atoms with Crippen LogP contribution < -0.4 is 0 Å². The molecule has 0 aliphatic rings. The second-order valence-electron chi connectivity index (χ2n) is 4.80. The third kappa shape index (κ3) is 3.95. The van der Waals surface area contributed by atoms with Gasteiger partial charge in [0.1, 0.15) is 0 Å². The summed E-state index contributed by atoms with van der Waals surface area (Å²) in [5, 5.41) is 11.1. The maximum Gasteiger partial charge on any atom is 0.0902 e. The molecule has 0 aliphatic carbocycles. The molecular formula is C17H17ClO. The lowest BCUT2D eigenvalue weighted by molar-refractivity contribution is 0.0607. The lowest BCUT2D eigenvalue weighted by atomic mass is 9.92. The Morgan fingerprint density at radius 2 is 1.68 bits per heavy atom. The third-order valence-electron chi connectivity index (χ3n) is 3.09. The molecule has 0 aliphatic heterocycles. The fraction of sp³-hybridized carbons (Fsp3) is 0.176. The van der Waals surface area contributed by atoms with E-state index in [2.05, 4.69) is 0 Å². The molecule has 0 radical (unpaired) electrons. The Morgan fingerprint density at radius 3 is 2.32 bits per heavy atom. The molecule has 2 aromatic rings. The highest BCUT2D eigenvalue weighted by Crippen LogP contribution is 2.26. The average molecular weight is 273 g/mol. The zero-order valence-electron chi connectivity index (χ0n) is 10.9. The predicted octanol–water partition coefficient (Wildman–Crippen LogP) is 4.65. The average Bonchev–Trinajstić information content (AvgIpc) is 2.40. The number of aliphatic hydroxyl groups is 1. The first kappa shape index (κ1) is 13.9. The van der Waals surface area contributed by atoms with E-state index in [1.54, 1.807) is 12.1 Å². The zero-order valence-corrected chi connectivity index (χ0v) is 11.6. The van der Waals surface area contributed by atoms with Crippen molar-refractivity contribution < 1.29 is 5.11 Å². The number of rotatable bonds is 4. The smallest absolute Gasteiger partial charge is 0.0902 e. The zero-order chi connectivity index (χ0) is 13.7. The van der Waals surface area contributed by atoms with Gasteiger partial charge in [0.2, 0.25) is 0 Å². The SMILES string of the molecule is C[C@](O)(C/C=C/c1ccccc1)c1ccc(Cl)cc1. The van der Waals surface area contributed by atoms with Gasteiger partial charge in [0.15, 0.2) is 0 Å². The first-order valence-electron chi connectivity index (χ1n) is 6.28. The molecule has 1 N–H and O–H groups in total. The van der Waals surface area contributed by atoms with Gasteiger partial charge in [-0.3, -0.25) is 0 Å². The molecule has 0 fully saturated rings. The lowest BCUT2D eigenvalue weighted by Crippen LogP contribution is -2.19. The molecule has 0 bridgehead atoms. The summed E-state index contributed by atoms with van der Waals surface area (Å²) in [5.74, 6) is 0. The van der Waals surface area contributed by atoms with E-state index in [0.717, 1.165) is 11.1 Å². The van der Waals surface area contributed by atoms with Crippen molar-refractivity contribution in [2.75, 3.05) is 0 Å². The van der Waals surface area contributed by atoms with Crippen molar-refractivity contribution in [3.8, 4) is 0 Å². The van der Waals surface area contributed by atoms with Crippen molar-refractivity contribution in [1.29, 1.82) is 0 Å². The van der Waals surface area contributed by atoms with Crippen molar-refractivity contribution in [3.63, 3.8) is 0 Å². The van der Waals surface area contributed by atoms with Crippen LogP contribution in [0.15, 0.2) is 60.7 Å². The maximum atomic E-state index is 10.5. The fourth-order valence-corrected chi connectivity index (χ4v) is 2.04. The van der Waals surface area contributed by atoms with Gasteiger partial charge in [0.05, 0.1) is 5.60 Å². The molecule has 0 saturated carbocycles. The first-order chi connectivity index (χ1) is 9.08.